The second-order valence-corrected chi connectivity index (χ2v) is 5.35. The van der Waals surface area contributed by atoms with Gasteiger partial charge < -0.3 is 5.32 Å². The molecule has 0 amide bonds. The van der Waals surface area contributed by atoms with Crippen molar-refractivity contribution >= 4 is 34.7 Å². The molecule has 1 N–H and O–H groups in total. The number of rotatable bonds is 7. The summed E-state index contributed by atoms with van der Waals surface area (Å²) in [5.41, 5.74) is 0. The van der Waals surface area contributed by atoms with Crippen molar-refractivity contribution in [2.45, 2.75) is 6.54 Å². The number of thiophene rings is 1. The first kappa shape index (κ1) is 12.1. The van der Waals surface area contributed by atoms with Crippen LogP contribution in [0.25, 0.3) is 0 Å². The molecule has 14 heavy (non-hydrogen) atoms. The lowest BCUT2D eigenvalue weighted by atomic mass is 10.4. The summed E-state index contributed by atoms with van der Waals surface area (Å²) in [6, 6.07) is 2.01. The van der Waals surface area contributed by atoms with E-state index < -0.39 is 0 Å². The number of nitrogens with one attached hydrogen (secondary N) is 1. The van der Waals surface area contributed by atoms with E-state index in [-0.39, 0.29) is 0 Å². The minimum atomic E-state index is 0.841. The smallest absolute Gasteiger partial charge is 0.0516 e. The van der Waals surface area contributed by atoms with E-state index in [2.05, 4.69) is 11.9 Å². The van der Waals surface area contributed by atoms with Gasteiger partial charge in [-0.2, -0.15) is 11.8 Å². The highest BCUT2D eigenvalue weighted by molar-refractivity contribution is 7.99. The highest BCUT2D eigenvalue weighted by Gasteiger charge is 1.96. The van der Waals surface area contributed by atoms with Crippen molar-refractivity contribution in [3.8, 4) is 0 Å². The summed E-state index contributed by atoms with van der Waals surface area (Å²) < 4.78 is 0. The predicted octanol–water partition coefficient (Wildman–Crippen LogP) is 3.41. The van der Waals surface area contributed by atoms with Gasteiger partial charge in [-0.15, -0.1) is 17.9 Å². The Hall–Kier alpha value is 0.0400. The molecule has 0 aromatic carbocycles. The summed E-state index contributed by atoms with van der Waals surface area (Å²) >= 11 is 9.40. The molecule has 0 radical (unpaired) electrons. The molecule has 0 fully saturated rings. The largest absolute Gasteiger partial charge is 0.311 e. The number of hydrogen-bond donors (Lipinski definition) is 1. The second-order valence-electron chi connectivity index (χ2n) is 2.77. The molecule has 0 aliphatic heterocycles. The molecular weight excluding hydrogens is 234 g/mol. The Morgan fingerprint density at radius 1 is 1.64 bits per heavy atom. The van der Waals surface area contributed by atoms with Crippen LogP contribution in [-0.4, -0.2) is 18.1 Å². The van der Waals surface area contributed by atoms with Crippen LogP contribution < -0.4 is 5.32 Å². The Balaban J connectivity index is 2.01. The van der Waals surface area contributed by atoms with E-state index in [1.54, 1.807) is 11.3 Å². The highest BCUT2D eigenvalue weighted by atomic mass is 35.5. The average molecular weight is 248 g/mol. The zero-order valence-electron chi connectivity index (χ0n) is 7.96. The van der Waals surface area contributed by atoms with Crippen LogP contribution in [0.2, 0.25) is 5.02 Å². The molecule has 1 aromatic heterocycles. The third-order valence-electron chi connectivity index (χ3n) is 1.58. The fourth-order valence-corrected chi connectivity index (χ4v) is 2.63. The molecule has 0 aliphatic rings. The van der Waals surface area contributed by atoms with Crippen molar-refractivity contribution in [2.75, 3.05) is 18.1 Å². The van der Waals surface area contributed by atoms with Crippen molar-refractivity contribution in [3.05, 3.63) is 34.0 Å². The molecule has 1 heterocycles. The topological polar surface area (TPSA) is 12.0 Å². The summed E-state index contributed by atoms with van der Waals surface area (Å²) in [4.78, 5) is 1.30. The van der Waals surface area contributed by atoms with Crippen LogP contribution in [0.4, 0.5) is 0 Å². The van der Waals surface area contributed by atoms with Crippen LogP contribution in [0.1, 0.15) is 4.88 Å². The average Bonchev–Trinajstić information content (AvgIpc) is 2.58. The maximum atomic E-state index is 5.81. The molecule has 0 saturated carbocycles. The van der Waals surface area contributed by atoms with Gasteiger partial charge in [-0.05, 0) is 6.07 Å². The van der Waals surface area contributed by atoms with Crippen LogP contribution in [0, 0.1) is 0 Å². The Labute approximate surface area is 98.5 Å². The molecule has 0 aliphatic carbocycles. The van der Waals surface area contributed by atoms with Gasteiger partial charge in [-0.25, -0.2) is 0 Å². The van der Waals surface area contributed by atoms with Crippen molar-refractivity contribution in [1.82, 2.24) is 5.32 Å². The Morgan fingerprint density at radius 2 is 2.50 bits per heavy atom. The zero-order chi connectivity index (χ0) is 10.2. The van der Waals surface area contributed by atoms with Crippen molar-refractivity contribution in [3.63, 3.8) is 0 Å². The normalized spacial score (nSPS) is 10.4. The summed E-state index contributed by atoms with van der Waals surface area (Å²) in [6.45, 7) is 5.63. The van der Waals surface area contributed by atoms with Crippen molar-refractivity contribution < 1.29 is 0 Å². The first-order valence-corrected chi connectivity index (χ1v) is 6.86. The van der Waals surface area contributed by atoms with E-state index in [0.29, 0.717) is 0 Å². The van der Waals surface area contributed by atoms with Crippen LogP contribution in [-0.2, 0) is 6.54 Å². The Morgan fingerprint density at radius 3 is 3.14 bits per heavy atom. The molecule has 1 nitrogen and oxygen atoms in total. The fourth-order valence-electron chi connectivity index (χ4n) is 0.969. The molecule has 0 atom stereocenters. The first-order chi connectivity index (χ1) is 6.83. The van der Waals surface area contributed by atoms with Gasteiger partial charge in [0, 0.05) is 34.9 Å². The van der Waals surface area contributed by atoms with E-state index in [0.717, 1.165) is 29.6 Å². The summed E-state index contributed by atoms with van der Waals surface area (Å²) in [7, 11) is 0. The van der Waals surface area contributed by atoms with Gasteiger partial charge in [-0.1, -0.05) is 17.7 Å². The zero-order valence-corrected chi connectivity index (χ0v) is 10.4. The van der Waals surface area contributed by atoms with E-state index >= 15 is 0 Å². The molecule has 0 spiro atoms. The number of hydrogen-bond acceptors (Lipinski definition) is 3. The molecule has 4 heteroatoms. The number of halogens is 1. The lowest BCUT2D eigenvalue weighted by molar-refractivity contribution is 0.741. The molecule has 78 valence electrons. The van der Waals surface area contributed by atoms with Gasteiger partial charge in [-0.3, -0.25) is 0 Å². The van der Waals surface area contributed by atoms with Crippen molar-refractivity contribution in [1.29, 1.82) is 0 Å². The fraction of sp³-hybridized carbons (Fsp3) is 0.400. The van der Waals surface area contributed by atoms with Gasteiger partial charge in [0.05, 0.1) is 5.02 Å². The first-order valence-electron chi connectivity index (χ1n) is 4.45. The lowest BCUT2D eigenvalue weighted by Crippen LogP contribution is -2.15. The van der Waals surface area contributed by atoms with Gasteiger partial charge in [0.15, 0.2) is 0 Å². The summed E-state index contributed by atoms with van der Waals surface area (Å²) in [6.07, 6.45) is 1.93. The van der Waals surface area contributed by atoms with Crippen molar-refractivity contribution in [2.24, 2.45) is 0 Å². The minimum absolute atomic E-state index is 0.841. The third kappa shape index (κ3) is 5.05. The van der Waals surface area contributed by atoms with E-state index in [4.69, 9.17) is 11.6 Å². The molecule has 0 saturated heterocycles. The van der Waals surface area contributed by atoms with Crippen LogP contribution in [0.3, 0.4) is 0 Å². The third-order valence-corrected chi connectivity index (χ3v) is 3.83. The maximum Gasteiger partial charge on any atom is 0.0516 e. The Kier molecular flexibility index (Phi) is 6.36. The lowest BCUT2D eigenvalue weighted by Gasteiger charge is -2.01. The standard InChI is InChI=1S/C10H14ClNS2/c1-2-4-13-5-3-12-7-10-6-9(11)8-14-10/h2,6,8,12H,1,3-5,7H2. The van der Waals surface area contributed by atoms with Gasteiger partial charge in [0.2, 0.25) is 0 Å². The van der Waals surface area contributed by atoms with Crippen LogP contribution in [0.15, 0.2) is 24.1 Å². The van der Waals surface area contributed by atoms with Gasteiger partial charge in [0.25, 0.3) is 0 Å². The quantitative estimate of drug-likeness (QED) is 0.586. The monoisotopic (exact) mass is 247 g/mol. The SMILES string of the molecule is C=CCSCCNCc1cc(Cl)cs1. The van der Waals surface area contributed by atoms with Crippen LogP contribution in [0.5, 0.6) is 0 Å². The van der Waals surface area contributed by atoms with Gasteiger partial charge >= 0.3 is 0 Å². The Bertz CT molecular complexity index is 273. The molecular formula is C10H14ClNS2. The second kappa shape index (κ2) is 7.35. The summed E-state index contributed by atoms with van der Waals surface area (Å²) in [5, 5.41) is 6.17. The van der Waals surface area contributed by atoms with E-state index in [9.17, 15) is 0 Å². The molecule has 0 unspecified atom stereocenters. The minimum Gasteiger partial charge on any atom is -0.311 e. The van der Waals surface area contributed by atoms with Crippen LogP contribution >= 0.6 is 34.7 Å². The number of thioether (sulfide) groups is 1. The van der Waals surface area contributed by atoms with Gasteiger partial charge in [0.1, 0.15) is 0 Å². The molecule has 0 bridgehead atoms. The predicted molar refractivity (Wildman–Crippen MR) is 68.6 cm³/mol. The molecule has 1 rings (SSSR count). The molecule has 1 aromatic rings. The highest BCUT2D eigenvalue weighted by Crippen LogP contribution is 2.18. The summed E-state index contributed by atoms with van der Waals surface area (Å²) in [5.74, 6) is 2.16. The maximum absolute atomic E-state index is 5.81. The van der Waals surface area contributed by atoms with E-state index in [1.165, 1.54) is 4.88 Å². The van der Waals surface area contributed by atoms with E-state index in [1.807, 2.05) is 29.3 Å².